The summed E-state index contributed by atoms with van der Waals surface area (Å²) in [5.74, 6) is 1.54. The van der Waals surface area contributed by atoms with Crippen LogP contribution in [0.3, 0.4) is 0 Å². The second-order valence-electron chi connectivity index (χ2n) is 4.80. The van der Waals surface area contributed by atoms with Crippen molar-refractivity contribution in [2.45, 2.75) is 52.5 Å². The van der Waals surface area contributed by atoms with Gasteiger partial charge >= 0.3 is 0 Å². The molecule has 15 heavy (non-hydrogen) atoms. The zero-order valence-corrected chi connectivity index (χ0v) is 11.0. The fraction of sp³-hybridized carbons (Fsp3) is 0.917. The minimum atomic E-state index is 0.588. The van der Waals surface area contributed by atoms with Crippen LogP contribution in [0.15, 0.2) is 0 Å². The highest BCUT2D eigenvalue weighted by atomic mass is 32.1. The highest BCUT2D eigenvalue weighted by Gasteiger charge is 2.27. The predicted molar refractivity (Wildman–Crippen MR) is 70.0 cm³/mol. The molecule has 1 aliphatic carbocycles. The molecule has 0 saturated heterocycles. The molecule has 1 saturated carbocycles. The van der Waals surface area contributed by atoms with Gasteiger partial charge in [0.2, 0.25) is 0 Å². The summed E-state index contributed by atoms with van der Waals surface area (Å²) in [6, 6.07) is 0.588. The zero-order chi connectivity index (χ0) is 11.3. The van der Waals surface area contributed by atoms with Crippen molar-refractivity contribution in [2.24, 2.45) is 11.8 Å². The first-order valence-electron chi connectivity index (χ1n) is 6.19. The van der Waals surface area contributed by atoms with Crippen LogP contribution in [0, 0.1) is 11.8 Å². The lowest BCUT2D eigenvalue weighted by atomic mass is 9.78. The Morgan fingerprint density at radius 1 is 1.33 bits per heavy atom. The average molecular weight is 228 g/mol. The highest BCUT2D eigenvalue weighted by molar-refractivity contribution is 7.80. The standard InChI is InChI=1S/C12H24N2S/c1-4-13-12(15)14-11-8-6-5-7-10(11)9(2)3/h9-11H,4-8H2,1-3H3,(H2,13,14,15). The summed E-state index contributed by atoms with van der Waals surface area (Å²) in [5, 5.41) is 7.47. The SMILES string of the molecule is CCNC(=S)NC1CCCCC1C(C)C. The molecule has 0 aromatic heterocycles. The van der Waals surface area contributed by atoms with Crippen LogP contribution < -0.4 is 10.6 Å². The van der Waals surface area contributed by atoms with Crippen molar-refractivity contribution in [3.63, 3.8) is 0 Å². The van der Waals surface area contributed by atoms with E-state index < -0.39 is 0 Å². The van der Waals surface area contributed by atoms with Crippen LogP contribution in [0.1, 0.15) is 46.5 Å². The van der Waals surface area contributed by atoms with Crippen LogP contribution >= 0.6 is 12.2 Å². The largest absolute Gasteiger partial charge is 0.363 e. The minimum absolute atomic E-state index is 0.588. The molecule has 0 aromatic carbocycles. The Balaban J connectivity index is 2.45. The van der Waals surface area contributed by atoms with E-state index in [9.17, 15) is 0 Å². The second-order valence-corrected chi connectivity index (χ2v) is 5.21. The molecular weight excluding hydrogens is 204 g/mol. The Labute approximate surface area is 99.2 Å². The van der Waals surface area contributed by atoms with Gasteiger partial charge in [-0.05, 0) is 43.8 Å². The van der Waals surface area contributed by atoms with Gasteiger partial charge < -0.3 is 10.6 Å². The summed E-state index contributed by atoms with van der Waals surface area (Å²) < 4.78 is 0. The van der Waals surface area contributed by atoms with Gasteiger partial charge in [-0.3, -0.25) is 0 Å². The van der Waals surface area contributed by atoms with E-state index in [1.165, 1.54) is 25.7 Å². The molecule has 2 N–H and O–H groups in total. The van der Waals surface area contributed by atoms with E-state index in [1.54, 1.807) is 0 Å². The minimum Gasteiger partial charge on any atom is -0.363 e. The Morgan fingerprint density at radius 3 is 2.60 bits per heavy atom. The molecule has 2 nitrogen and oxygen atoms in total. The van der Waals surface area contributed by atoms with E-state index in [0.717, 1.165) is 23.5 Å². The smallest absolute Gasteiger partial charge is 0.166 e. The summed E-state index contributed by atoms with van der Waals surface area (Å²) >= 11 is 5.25. The summed E-state index contributed by atoms with van der Waals surface area (Å²) in [7, 11) is 0. The highest BCUT2D eigenvalue weighted by Crippen LogP contribution is 2.30. The van der Waals surface area contributed by atoms with Gasteiger partial charge in [-0.15, -0.1) is 0 Å². The molecule has 1 fully saturated rings. The van der Waals surface area contributed by atoms with Crippen LogP contribution in [0.2, 0.25) is 0 Å². The predicted octanol–water partition coefficient (Wildman–Crippen LogP) is 2.69. The van der Waals surface area contributed by atoms with Crippen molar-refractivity contribution < 1.29 is 0 Å². The average Bonchev–Trinajstić information content (AvgIpc) is 2.18. The lowest BCUT2D eigenvalue weighted by Crippen LogP contribution is -2.47. The number of rotatable bonds is 3. The summed E-state index contributed by atoms with van der Waals surface area (Å²) in [6.07, 6.45) is 5.35. The fourth-order valence-corrected chi connectivity index (χ4v) is 2.81. The lowest BCUT2D eigenvalue weighted by molar-refractivity contribution is 0.224. The first kappa shape index (κ1) is 12.8. The van der Waals surface area contributed by atoms with Gasteiger partial charge in [-0.25, -0.2) is 0 Å². The van der Waals surface area contributed by atoms with Gasteiger partial charge in [0.25, 0.3) is 0 Å². The number of hydrogen-bond donors (Lipinski definition) is 2. The van der Waals surface area contributed by atoms with E-state index in [1.807, 2.05) is 0 Å². The molecule has 1 aliphatic rings. The van der Waals surface area contributed by atoms with Gasteiger partial charge in [-0.2, -0.15) is 0 Å². The molecule has 0 spiro atoms. The summed E-state index contributed by atoms with van der Waals surface area (Å²) in [5.41, 5.74) is 0. The maximum Gasteiger partial charge on any atom is 0.166 e. The molecule has 88 valence electrons. The molecule has 0 heterocycles. The molecule has 0 radical (unpaired) electrons. The maximum atomic E-state index is 5.25. The van der Waals surface area contributed by atoms with Crippen molar-refractivity contribution in [2.75, 3.05) is 6.54 Å². The van der Waals surface area contributed by atoms with Gasteiger partial charge in [-0.1, -0.05) is 26.7 Å². The van der Waals surface area contributed by atoms with Crippen molar-refractivity contribution in [1.82, 2.24) is 10.6 Å². The van der Waals surface area contributed by atoms with Gasteiger partial charge in [0.15, 0.2) is 5.11 Å². The third-order valence-corrected chi connectivity index (χ3v) is 3.59. The van der Waals surface area contributed by atoms with Crippen molar-refractivity contribution in [3.8, 4) is 0 Å². The zero-order valence-electron chi connectivity index (χ0n) is 10.2. The first-order chi connectivity index (χ1) is 7.15. The molecule has 2 unspecified atom stereocenters. The molecule has 1 rings (SSSR count). The Hall–Kier alpha value is -0.310. The Kier molecular flexibility index (Phi) is 5.37. The first-order valence-corrected chi connectivity index (χ1v) is 6.60. The molecule has 0 aromatic rings. The normalized spacial score (nSPS) is 26.4. The number of hydrogen-bond acceptors (Lipinski definition) is 1. The number of nitrogens with one attached hydrogen (secondary N) is 2. The van der Waals surface area contributed by atoms with Crippen LogP contribution in [0.5, 0.6) is 0 Å². The molecule has 0 aliphatic heterocycles. The van der Waals surface area contributed by atoms with Crippen LogP contribution in [-0.4, -0.2) is 17.7 Å². The monoisotopic (exact) mass is 228 g/mol. The van der Waals surface area contributed by atoms with Gasteiger partial charge in [0.1, 0.15) is 0 Å². The van der Waals surface area contributed by atoms with E-state index >= 15 is 0 Å². The fourth-order valence-electron chi connectivity index (χ4n) is 2.52. The Bertz CT molecular complexity index is 204. The van der Waals surface area contributed by atoms with E-state index in [2.05, 4.69) is 31.4 Å². The van der Waals surface area contributed by atoms with E-state index in [-0.39, 0.29) is 0 Å². The topological polar surface area (TPSA) is 24.1 Å². The van der Waals surface area contributed by atoms with Gasteiger partial charge in [0.05, 0.1) is 0 Å². The van der Waals surface area contributed by atoms with Crippen LogP contribution in [-0.2, 0) is 0 Å². The van der Waals surface area contributed by atoms with E-state index in [4.69, 9.17) is 12.2 Å². The van der Waals surface area contributed by atoms with E-state index in [0.29, 0.717) is 6.04 Å². The summed E-state index contributed by atoms with van der Waals surface area (Å²) in [6.45, 7) is 7.63. The van der Waals surface area contributed by atoms with Crippen molar-refractivity contribution >= 4 is 17.3 Å². The Morgan fingerprint density at radius 2 is 2.00 bits per heavy atom. The molecule has 2 atom stereocenters. The molecular formula is C12H24N2S. The second kappa shape index (κ2) is 6.31. The third-order valence-electron chi connectivity index (χ3n) is 3.33. The number of thiocarbonyl (C=S) groups is 1. The van der Waals surface area contributed by atoms with Crippen LogP contribution in [0.25, 0.3) is 0 Å². The third kappa shape index (κ3) is 3.98. The summed E-state index contributed by atoms with van der Waals surface area (Å²) in [4.78, 5) is 0. The maximum absolute atomic E-state index is 5.25. The van der Waals surface area contributed by atoms with Crippen molar-refractivity contribution in [1.29, 1.82) is 0 Å². The lowest BCUT2D eigenvalue weighted by Gasteiger charge is -2.35. The molecule has 3 heteroatoms. The molecule has 0 amide bonds. The van der Waals surface area contributed by atoms with Crippen molar-refractivity contribution in [3.05, 3.63) is 0 Å². The van der Waals surface area contributed by atoms with Crippen LogP contribution in [0.4, 0.5) is 0 Å². The quantitative estimate of drug-likeness (QED) is 0.726. The molecule has 0 bridgehead atoms. The van der Waals surface area contributed by atoms with Gasteiger partial charge in [0, 0.05) is 12.6 Å².